The highest BCUT2D eigenvalue weighted by molar-refractivity contribution is 8.13. The Balaban J connectivity index is 3.65. The van der Waals surface area contributed by atoms with Crippen LogP contribution in [0.1, 0.15) is 17.6 Å². The third-order valence-electron chi connectivity index (χ3n) is 1.96. The molecule has 0 aliphatic carbocycles. The molecule has 0 spiro atoms. The highest BCUT2D eigenvalue weighted by Gasteiger charge is 2.37. The molecule has 114 valence electrons. The Hall–Kier alpha value is -0.870. The summed E-state index contributed by atoms with van der Waals surface area (Å²) in [6, 6.07) is 0. The van der Waals surface area contributed by atoms with Gasteiger partial charge in [0.05, 0.1) is 5.88 Å². The molecule has 0 aliphatic rings. The van der Waals surface area contributed by atoms with Crippen LogP contribution in [0.15, 0.2) is 11.2 Å². The van der Waals surface area contributed by atoms with Crippen LogP contribution in [-0.4, -0.2) is 19.8 Å². The van der Waals surface area contributed by atoms with Crippen LogP contribution in [0.25, 0.3) is 0 Å². The molecule has 0 bridgehead atoms. The number of rotatable bonds is 4. The van der Waals surface area contributed by atoms with Gasteiger partial charge in [0.2, 0.25) is 5.03 Å². The second-order valence-corrected chi connectivity index (χ2v) is 5.99. The molecule has 1 aromatic heterocycles. The van der Waals surface area contributed by atoms with Gasteiger partial charge >= 0.3 is 6.36 Å². The molecule has 0 atom stereocenters. The van der Waals surface area contributed by atoms with Crippen molar-refractivity contribution in [3.63, 3.8) is 0 Å². The molecule has 0 N–H and O–H groups in total. The van der Waals surface area contributed by atoms with Crippen LogP contribution in [-0.2, 0) is 14.9 Å². The molecule has 0 saturated carbocycles. The molecule has 20 heavy (non-hydrogen) atoms. The molecular weight excluding hydrogens is 356 g/mol. The fraction of sp³-hybridized carbons (Fsp3) is 0.375. The Bertz CT molecular complexity index is 605. The van der Waals surface area contributed by atoms with Crippen molar-refractivity contribution in [1.82, 2.24) is 4.98 Å². The average Bonchev–Trinajstić information content (AvgIpc) is 2.24. The lowest BCUT2D eigenvalue weighted by molar-refractivity contribution is -0.276. The van der Waals surface area contributed by atoms with Crippen LogP contribution in [0.3, 0.4) is 0 Å². The minimum atomic E-state index is -5.33. The summed E-state index contributed by atoms with van der Waals surface area (Å²) in [6.45, 7) is 0. The van der Waals surface area contributed by atoms with E-state index >= 15 is 0 Å². The minimum Gasteiger partial charge on any atom is -0.402 e. The average molecular weight is 360 g/mol. The highest BCUT2D eigenvalue weighted by atomic mass is 35.7. The Morgan fingerprint density at radius 3 is 2.25 bits per heavy atom. The van der Waals surface area contributed by atoms with Crippen molar-refractivity contribution in [2.24, 2.45) is 0 Å². The molecule has 0 fully saturated rings. The number of aromatic nitrogens is 1. The molecule has 0 amide bonds. The number of ether oxygens (including phenoxy) is 1. The molecule has 0 aromatic carbocycles. The van der Waals surface area contributed by atoms with Crippen molar-refractivity contribution in [2.45, 2.75) is 23.7 Å². The summed E-state index contributed by atoms with van der Waals surface area (Å²) in [5, 5.41) is -1.34. The van der Waals surface area contributed by atoms with Gasteiger partial charge in [-0.25, -0.2) is 22.2 Å². The molecule has 1 rings (SSSR count). The van der Waals surface area contributed by atoms with Crippen molar-refractivity contribution >= 4 is 31.3 Å². The summed E-state index contributed by atoms with van der Waals surface area (Å²) >= 11 is 5.29. The molecule has 12 heteroatoms. The number of halogens is 7. The van der Waals surface area contributed by atoms with E-state index in [1.165, 1.54) is 0 Å². The van der Waals surface area contributed by atoms with E-state index in [-0.39, 0.29) is 0 Å². The van der Waals surface area contributed by atoms with Gasteiger partial charge in [0.1, 0.15) is 0 Å². The van der Waals surface area contributed by atoms with E-state index in [0.717, 1.165) is 0 Å². The summed E-state index contributed by atoms with van der Waals surface area (Å²) in [5.41, 5.74) is -1.84. The Morgan fingerprint density at radius 2 is 1.90 bits per heavy atom. The molecule has 1 aromatic rings. The van der Waals surface area contributed by atoms with Crippen molar-refractivity contribution < 1.29 is 35.1 Å². The third-order valence-corrected chi connectivity index (χ3v) is 3.41. The van der Waals surface area contributed by atoms with Crippen molar-refractivity contribution in [1.29, 1.82) is 0 Å². The predicted molar refractivity (Wildman–Crippen MR) is 58.5 cm³/mol. The monoisotopic (exact) mass is 359 g/mol. The number of nitrogens with zero attached hydrogens (tertiary/aromatic N) is 1. The van der Waals surface area contributed by atoms with Gasteiger partial charge in [-0.3, -0.25) is 0 Å². The van der Waals surface area contributed by atoms with Crippen LogP contribution >= 0.6 is 22.3 Å². The lowest BCUT2D eigenvalue weighted by atomic mass is 10.1. The minimum absolute atomic E-state index is 0.376. The number of alkyl halides is 6. The van der Waals surface area contributed by atoms with E-state index in [0.29, 0.717) is 6.20 Å². The van der Waals surface area contributed by atoms with Gasteiger partial charge in [-0.1, -0.05) is 0 Å². The second kappa shape index (κ2) is 5.86. The Labute approximate surface area is 118 Å². The largest absolute Gasteiger partial charge is 0.573 e. The van der Waals surface area contributed by atoms with Crippen LogP contribution in [0.5, 0.6) is 5.75 Å². The van der Waals surface area contributed by atoms with Gasteiger partial charge in [0.15, 0.2) is 5.75 Å². The lowest BCUT2D eigenvalue weighted by Gasteiger charge is -2.16. The zero-order chi connectivity index (χ0) is 15.7. The Kier molecular flexibility index (Phi) is 5.03. The van der Waals surface area contributed by atoms with Gasteiger partial charge < -0.3 is 4.74 Å². The van der Waals surface area contributed by atoms with Crippen LogP contribution < -0.4 is 4.74 Å². The first kappa shape index (κ1) is 17.2. The first-order valence-corrected chi connectivity index (χ1v) is 7.38. The molecular formula is C8H4Cl2F5NO3S. The van der Waals surface area contributed by atoms with E-state index in [1.807, 2.05) is 0 Å². The first-order chi connectivity index (χ1) is 8.97. The molecule has 0 unspecified atom stereocenters. The quantitative estimate of drug-likeness (QED) is 0.468. The zero-order valence-electron chi connectivity index (χ0n) is 9.09. The van der Waals surface area contributed by atoms with Crippen LogP contribution in [0.4, 0.5) is 22.0 Å². The standard InChI is InChI=1S/C8H4Cl2F5NO3S/c9-1-3-4(6(11)12)2-16-7(20(10,17)18)5(3)19-8(13,14)15/h2,6H,1H2. The maximum atomic E-state index is 12.6. The normalized spacial score (nSPS) is 12.8. The second-order valence-electron chi connectivity index (χ2n) is 3.25. The molecule has 0 aliphatic heterocycles. The molecule has 0 radical (unpaired) electrons. The van der Waals surface area contributed by atoms with E-state index in [9.17, 15) is 30.4 Å². The van der Waals surface area contributed by atoms with E-state index in [1.54, 1.807) is 0 Å². The smallest absolute Gasteiger partial charge is 0.402 e. The number of hydrogen-bond donors (Lipinski definition) is 0. The van der Waals surface area contributed by atoms with E-state index in [2.05, 4.69) is 9.72 Å². The van der Waals surface area contributed by atoms with Crippen LogP contribution in [0.2, 0.25) is 0 Å². The predicted octanol–water partition coefficient (Wildman–Crippen LogP) is 3.58. The number of hydrogen-bond acceptors (Lipinski definition) is 4. The summed E-state index contributed by atoms with van der Waals surface area (Å²) < 4.78 is 87.7. The first-order valence-electron chi connectivity index (χ1n) is 4.53. The van der Waals surface area contributed by atoms with E-state index < -0.39 is 49.6 Å². The third kappa shape index (κ3) is 4.06. The molecule has 4 nitrogen and oxygen atoms in total. The van der Waals surface area contributed by atoms with Crippen molar-refractivity contribution in [2.75, 3.05) is 0 Å². The Morgan fingerprint density at radius 1 is 1.35 bits per heavy atom. The lowest BCUT2D eigenvalue weighted by Crippen LogP contribution is -2.20. The zero-order valence-corrected chi connectivity index (χ0v) is 11.4. The van der Waals surface area contributed by atoms with E-state index in [4.69, 9.17) is 22.3 Å². The van der Waals surface area contributed by atoms with Gasteiger partial charge in [-0.05, 0) is 0 Å². The van der Waals surface area contributed by atoms with Gasteiger partial charge in [-0.2, -0.15) is 0 Å². The SMILES string of the molecule is O=S(=O)(Cl)c1ncc(C(F)F)c(CCl)c1OC(F)(F)F. The number of pyridine rings is 1. The summed E-state index contributed by atoms with van der Waals surface area (Å²) in [5.74, 6) is -2.31. The maximum Gasteiger partial charge on any atom is 0.573 e. The summed E-state index contributed by atoms with van der Waals surface area (Å²) in [7, 11) is 0.137. The summed E-state index contributed by atoms with van der Waals surface area (Å²) in [4.78, 5) is 2.98. The summed E-state index contributed by atoms with van der Waals surface area (Å²) in [6.07, 6.45) is -8.18. The van der Waals surface area contributed by atoms with Crippen molar-refractivity contribution in [3.05, 3.63) is 17.3 Å². The molecule has 0 saturated heterocycles. The highest BCUT2D eigenvalue weighted by Crippen LogP contribution is 2.38. The maximum absolute atomic E-state index is 12.6. The van der Waals surface area contributed by atoms with Gasteiger partial charge in [0, 0.05) is 28.0 Å². The van der Waals surface area contributed by atoms with Gasteiger partial charge in [0.25, 0.3) is 15.5 Å². The van der Waals surface area contributed by atoms with Gasteiger partial charge in [-0.15, -0.1) is 24.8 Å². The van der Waals surface area contributed by atoms with Crippen LogP contribution in [0, 0.1) is 0 Å². The topological polar surface area (TPSA) is 56.3 Å². The fourth-order valence-corrected chi connectivity index (χ4v) is 2.42. The van der Waals surface area contributed by atoms with Crippen molar-refractivity contribution in [3.8, 4) is 5.75 Å². The molecule has 1 heterocycles. The fourth-order valence-electron chi connectivity index (χ4n) is 1.25.